The van der Waals surface area contributed by atoms with E-state index in [2.05, 4.69) is 34.4 Å². The number of aliphatic hydroxyl groups excluding tert-OH is 2. The molecule has 1 fully saturated rings. The van der Waals surface area contributed by atoms with Crippen LogP contribution in [0.3, 0.4) is 0 Å². The van der Waals surface area contributed by atoms with E-state index in [1.165, 1.54) is 25.8 Å². The first-order chi connectivity index (χ1) is 25.8. The maximum Gasteiger partial charge on any atom is 0.481 e. The summed E-state index contributed by atoms with van der Waals surface area (Å²) in [6.07, 6.45) is -7.03. The summed E-state index contributed by atoms with van der Waals surface area (Å²) in [7, 11) is -14.9. The van der Waals surface area contributed by atoms with Crippen LogP contribution >= 0.6 is 35.2 Å². The smallest absolute Gasteiger partial charge is 0.386 e. The Bertz CT molecular complexity index is 1880. The number of aliphatic hydroxyl groups is 2. The number of nitrogen functional groups attached to an aromatic ring is 1. The van der Waals surface area contributed by atoms with E-state index >= 15 is 0 Å². The number of ether oxygens (including phenoxy) is 1. The number of likely N-dealkylation sites (N-methyl/N-ethyl adjacent to an activating group) is 1. The highest BCUT2D eigenvalue weighted by Gasteiger charge is 2.50. The third-order valence-electron chi connectivity index (χ3n) is 7.54. The standard InChI is InChI=1S/C25H43N10O17P3S/c1-25(2,19(39)22(40)30-5-4-14(36)29-6-7-56-15(37)8-34(3)24(27)28)10-49-55(46,47)52-54(44,45)48-9-13-18(51-53(41,42)43)17(38)23(50-13)35-12-33-16-20(26)31-11-32-21(16)35/h11-13,17-19,23,38-39H,4-10H2,1-3H3,(H3,27,28)(H,29,36)(H,30,40)(H,44,45)(H,46,47)(H2,26,31,32)(H2,41,42,43). The number of anilines is 1. The molecule has 0 aromatic carbocycles. The van der Waals surface area contributed by atoms with Gasteiger partial charge in [0.05, 0.1) is 26.1 Å². The van der Waals surface area contributed by atoms with Crippen LogP contribution in [0.4, 0.5) is 5.82 Å². The molecule has 2 amide bonds. The molecular formula is C25H43N10O17P3S. The van der Waals surface area contributed by atoms with Crippen molar-refractivity contribution in [1.29, 1.82) is 5.41 Å². The summed E-state index contributed by atoms with van der Waals surface area (Å²) in [5, 5.41) is 33.2. The molecule has 27 nitrogen and oxygen atoms in total. The number of phosphoric acid groups is 3. The summed E-state index contributed by atoms with van der Waals surface area (Å²) in [5.74, 6) is -1.58. The molecule has 2 aromatic rings. The molecule has 0 spiro atoms. The summed E-state index contributed by atoms with van der Waals surface area (Å²) in [6, 6.07) is 0. The van der Waals surface area contributed by atoms with Crippen LogP contribution in [0.15, 0.2) is 12.7 Å². The van der Waals surface area contributed by atoms with Gasteiger partial charge in [-0.1, -0.05) is 25.6 Å². The van der Waals surface area contributed by atoms with Crippen LogP contribution in [0, 0.1) is 10.8 Å². The predicted molar refractivity (Wildman–Crippen MR) is 192 cm³/mol. The zero-order valence-electron chi connectivity index (χ0n) is 29.8. The maximum atomic E-state index is 12.7. The van der Waals surface area contributed by atoms with Gasteiger partial charge in [-0.3, -0.25) is 37.9 Å². The van der Waals surface area contributed by atoms with Crippen LogP contribution in [0.1, 0.15) is 26.5 Å². The van der Waals surface area contributed by atoms with Crippen LogP contribution < -0.4 is 22.1 Å². The number of hydrogen-bond donors (Lipinski definition) is 11. The molecule has 7 unspecified atom stereocenters. The van der Waals surface area contributed by atoms with Crippen molar-refractivity contribution in [3.63, 3.8) is 0 Å². The predicted octanol–water partition coefficient (Wildman–Crippen LogP) is -2.51. The van der Waals surface area contributed by atoms with Crippen molar-refractivity contribution in [2.75, 3.05) is 51.4 Å². The average molecular weight is 881 g/mol. The first-order valence-electron chi connectivity index (χ1n) is 15.9. The van der Waals surface area contributed by atoms with Gasteiger partial charge in [-0.15, -0.1) is 0 Å². The molecular weight excluding hydrogens is 837 g/mol. The Morgan fingerprint density at radius 1 is 1.11 bits per heavy atom. The highest BCUT2D eigenvalue weighted by Crippen LogP contribution is 2.61. The third-order valence-corrected chi connectivity index (χ3v) is 11.5. The van der Waals surface area contributed by atoms with E-state index in [0.717, 1.165) is 29.0 Å². The van der Waals surface area contributed by atoms with E-state index in [-0.39, 0.29) is 59.9 Å². The van der Waals surface area contributed by atoms with Gasteiger partial charge in [0.25, 0.3) is 0 Å². The van der Waals surface area contributed by atoms with Crippen molar-refractivity contribution in [2.45, 2.75) is 50.9 Å². The number of fused-ring (bicyclic) bond motifs is 1. The van der Waals surface area contributed by atoms with Crippen molar-refractivity contribution < 1.29 is 80.5 Å². The van der Waals surface area contributed by atoms with Gasteiger partial charge in [0, 0.05) is 37.7 Å². The summed E-state index contributed by atoms with van der Waals surface area (Å²) in [4.78, 5) is 88.5. The number of carbonyl (C=O) groups excluding carboxylic acids is 3. The lowest BCUT2D eigenvalue weighted by Gasteiger charge is -2.30. The van der Waals surface area contributed by atoms with Gasteiger partial charge in [0.2, 0.25) is 16.9 Å². The number of imidazole rings is 1. The number of rotatable bonds is 21. The molecule has 1 aliphatic heterocycles. The quantitative estimate of drug-likeness (QED) is 0.0267. The van der Waals surface area contributed by atoms with Gasteiger partial charge >= 0.3 is 23.5 Å². The number of nitrogens with zero attached hydrogens (tertiary/aromatic N) is 5. The topological polar surface area (TPSA) is 417 Å². The molecule has 1 saturated heterocycles. The highest BCUT2D eigenvalue weighted by molar-refractivity contribution is 8.13. The molecule has 0 bridgehead atoms. The summed E-state index contributed by atoms with van der Waals surface area (Å²) in [5.41, 5.74) is 9.49. The fourth-order valence-electron chi connectivity index (χ4n) is 4.62. The number of nitrogens with two attached hydrogens (primary N) is 2. The van der Waals surface area contributed by atoms with Gasteiger partial charge < -0.3 is 61.5 Å². The number of phosphoric ester groups is 3. The normalized spacial score (nSPS) is 21.5. The van der Waals surface area contributed by atoms with Crippen LogP contribution in [0.5, 0.6) is 0 Å². The molecule has 7 atom stereocenters. The zero-order chi connectivity index (χ0) is 42.2. The SMILES string of the molecule is CN(CC(=O)SCCNC(=O)CCNC(=O)C(O)C(C)(C)COP(=O)(O)OP(=O)(O)OCC1OC(n2cnc3c(N)ncnc32)C(O)C1OP(=O)(O)O)C(=N)N. The minimum absolute atomic E-state index is 0.0236. The van der Waals surface area contributed by atoms with Crippen molar-refractivity contribution in [2.24, 2.45) is 11.1 Å². The second-order valence-electron chi connectivity index (χ2n) is 12.5. The molecule has 56 heavy (non-hydrogen) atoms. The molecule has 2 aromatic heterocycles. The van der Waals surface area contributed by atoms with Crippen LogP contribution in [0.2, 0.25) is 0 Å². The molecule has 3 rings (SSSR count). The Morgan fingerprint density at radius 2 is 1.77 bits per heavy atom. The van der Waals surface area contributed by atoms with E-state index in [4.69, 9.17) is 30.7 Å². The lowest BCUT2D eigenvalue weighted by molar-refractivity contribution is -0.137. The Hall–Kier alpha value is -3.17. The summed E-state index contributed by atoms with van der Waals surface area (Å²) >= 11 is 0.922. The highest BCUT2D eigenvalue weighted by atomic mass is 32.2. The minimum Gasteiger partial charge on any atom is -0.386 e. The molecule has 316 valence electrons. The monoisotopic (exact) mass is 880 g/mol. The number of amides is 2. The number of nitrogens with one attached hydrogen (secondary N) is 3. The fraction of sp³-hybridized carbons (Fsp3) is 0.640. The summed E-state index contributed by atoms with van der Waals surface area (Å²) in [6.45, 7) is 0.221. The molecule has 13 N–H and O–H groups in total. The van der Waals surface area contributed by atoms with Gasteiger partial charge in [-0.25, -0.2) is 28.6 Å². The van der Waals surface area contributed by atoms with E-state index in [1.807, 2.05) is 0 Å². The number of thioether (sulfide) groups is 1. The lowest BCUT2D eigenvalue weighted by Crippen LogP contribution is -2.46. The van der Waals surface area contributed by atoms with Crippen molar-refractivity contribution in [1.82, 2.24) is 35.1 Å². The first-order valence-corrected chi connectivity index (χ1v) is 21.4. The van der Waals surface area contributed by atoms with E-state index in [9.17, 15) is 57.9 Å². The second kappa shape index (κ2) is 19.5. The van der Waals surface area contributed by atoms with Crippen LogP contribution in [-0.4, -0.2) is 147 Å². The molecule has 0 saturated carbocycles. The fourth-order valence-corrected chi connectivity index (χ4v) is 8.17. The number of carbonyl (C=O) groups is 3. The number of aromatic nitrogens is 4. The van der Waals surface area contributed by atoms with Crippen LogP contribution in [0.25, 0.3) is 11.2 Å². The number of hydrogen-bond acceptors (Lipinski definition) is 19. The Morgan fingerprint density at radius 3 is 2.41 bits per heavy atom. The Labute approximate surface area is 321 Å². The third kappa shape index (κ3) is 14.0. The zero-order valence-corrected chi connectivity index (χ0v) is 33.3. The Balaban J connectivity index is 1.48. The summed E-state index contributed by atoms with van der Waals surface area (Å²) < 4.78 is 62.0. The molecule has 0 radical (unpaired) electrons. The average Bonchev–Trinajstić information content (AvgIpc) is 3.64. The first kappa shape index (κ1) is 47.2. The molecule has 31 heteroatoms. The van der Waals surface area contributed by atoms with Crippen molar-refractivity contribution >= 4 is 75.1 Å². The minimum atomic E-state index is -5.58. The van der Waals surface area contributed by atoms with Gasteiger partial charge in [-0.2, -0.15) is 4.31 Å². The van der Waals surface area contributed by atoms with Gasteiger partial charge in [0.15, 0.2) is 23.7 Å². The largest absolute Gasteiger partial charge is 0.481 e. The van der Waals surface area contributed by atoms with Gasteiger partial charge in [0.1, 0.15) is 36.3 Å². The molecule has 1 aliphatic rings. The molecule has 0 aliphatic carbocycles. The van der Waals surface area contributed by atoms with E-state index in [1.54, 1.807) is 0 Å². The second-order valence-corrected chi connectivity index (χ2v) is 17.9. The van der Waals surface area contributed by atoms with E-state index in [0.29, 0.717) is 0 Å². The van der Waals surface area contributed by atoms with E-state index < -0.39 is 84.6 Å². The van der Waals surface area contributed by atoms with Crippen molar-refractivity contribution in [3.8, 4) is 0 Å². The lowest BCUT2D eigenvalue weighted by atomic mass is 9.87. The van der Waals surface area contributed by atoms with Crippen molar-refractivity contribution in [3.05, 3.63) is 12.7 Å². The van der Waals surface area contributed by atoms with Gasteiger partial charge in [-0.05, 0) is 0 Å². The maximum absolute atomic E-state index is 12.7. The number of guanidine groups is 1. The van der Waals surface area contributed by atoms with Crippen LogP contribution in [-0.2, 0) is 50.7 Å². The Kier molecular flexibility index (Phi) is 16.5. The molecule has 3 heterocycles.